The molecule has 4 heteroatoms. The van der Waals surface area contributed by atoms with E-state index in [-0.39, 0.29) is 11.9 Å². The van der Waals surface area contributed by atoms with Gasteiger partial charge in [0.15, 0.2) is 0 Å². The number of fused-ring (bicyclic) bond motifs is 1. The van der Waals surface area contributed by atoms with E-state index in [0.29, 0.717) is 25.5 Å². The summed E-state index contributed by atoms with van der Waals surface area (Å²) in [6.07, 6.45) is 1.42. The largest absolute Gasteiger partial charge is 0.491 e. The molecule has 0 bridgehead atoms. The lowest BCUT2D eigenvalue weighted by molar-refractivity contribution is -0.118. The van der Waals surface area contributed by atoms with Crippen LogP contribution < -0.4 is 15.4 Å². The van der Waals surface area contributed by atoms with Crippen LogP contribution in [-0.2, 0) is 4.79 Å². The minimum atomic E-state index is -0.0138. The number of para-hydroxylation sites is 2. The molecule has 2 rings (SSSR count). The number of nitrogens with zero attached hydrogens (tertiary/aromatic N) is 1. The Morgan fingerprint density at radius 3 is 2.89 bits per heavy atom. The lowest BCUT2D eigenvalue weighted by Crippen LogP contribution is -2.44. The van der Waals surface area contributed by atoms with Gasteiger partial charge in [0.05, 0.1) is 18.7 Å². The Morgan fingerprint density at radius 2 is 2.16 bits per heavy atom. The quantitative estimate of drug-likeness (QED) is 0.904. The Hall–Kier alpha value is -1.55. The van der Waals surface area contributed by atoms with E-state index in [0.717, 1.165) is 17.9 Å². The summed E-state index contributed by atoms with van der Waals surface area (Å²) in [5.74, 6) is 1.25. The van der Waals surface area contributed by atoms with Crippen LogP contribution >= 0.6 is 0 Å². The first-order valence-electron chi connectivity index (χ1n) is 6.91. The Kier molecular flexibility index (Phi) is 4.43. The van der Waals surface area contributed by atoms with Crippen molar-refractivity contribution in [1.82, 2.24) is 0 Å². The van der Waals surface area contributed by atoms with Crippen molar-refractivity contribution in [2.45, 2.75) is 32.7 Å². The van der Waals surface area contributed by atoms with Gasteiger partial charge in [0.2, 0.25) is 5.91 Å². The van der Waals surface area contributed by atoms with Crippen molar-refractivity contribution in [3.8, 4) is 5.75 Å². The van der Waals surface area contributed by atoms with Crippen LogP contribution in [0.4, 0.5) is 5.69 Å². The van der Waals surface area contributed by atoms with E-state index < -0.39 is 0 Å². The molecule has 1 aliphatic rings. The predicted octanol–water partition coefficient (Wildman–Crippen LogP) is 2.18. The van der Waals surface area contributed by atoms with Gasteiger partial charge < -0.3 is 15.4 Å². The summed E-state index contributed by atoms with van der Waals surface area (Å²) in [6, 6.07) is 7.64. The molecule has 104 valence electrons. The molecule has 0 fully saturated rings. The average Bonchev–Trinajstić information content (AvgIpc) is 2.58. The maximum absolute atomic E-state index is 12.2. The number of ether oxygens (including phenoxy) is 1. The Labute approximate surface area is 114 Å². The summed E-state index contributed by atoms with van der Waals surface area (Å²) in [7, 11) is 0. The minimum Gasteiger partial charge on any atom is -0.491 e. The first-order chi connectivity index (χ1) is 9.13. The molecule has 1 aliphatic heterocycles. The van der Waals surface area contributed by atoms with Gasteiger partial charge in [-0.3, -0.25) is 4.79 Å². The standard InChI is InChI=1S/C15H22N2O2/c1-3-11(2)12(16)10-17-13-6-4-5-7-14(13)19-9-8-15(17)18/h4-7,11-12H,3,8-10,16H2,1-2H3. The van der Waals surface area contributed by atoms with Gasteiger partial charge in [-0.15, -0.1) is 0 Å². The number of hydrogen-bond acceptors (Lipinski definition) is 3. The fourth-order valence-electron chi connectivity index (χ4n) is 2.21. The topological polar surface area (TPSA) is 55.6 Å². The lowest BCUT2D eigenvalue weighted by Gasteiger charge is -2.28. The fourth-order valence-corrected chi connectivity index (χ4v) is 2.21. The zero-order chi connectivity index (χ0) is 13.8. The molecule has 0 saturated heterocycles. The molecular formula is C15H22N2O2. The van der Waals surface area contributed by atoms with Crippen molar-refractivity contribution in [1.29, 1.82) is 0 Å². The molecule has 0 spiro atoms. The number of hydrogen-bond donors (Lipinski definition) is 1. The summed E-state index contributed by atoms with van der Waals surface area (Å²) in [4.78, 5) is 14.0. The summed E-state index contributed by atoms with van der Waals surface area (Å²) >= 11 is 0. The van der Waals surface area contributed by atoms with E-state index >= 15 is 0 Å². The predicted molar refractivity (Wildman–Crippen MR) is 76.3 cm³/mol. The van der Waals surface area contributed by atoms with Crippen LogP contribution in [0.25, 0.3) is 0 Å². The van der Waals surface area contributed by atoms with E-state index in [9.17, 15) is 4.79 Å². The van der Waals surface area contributed by atoms with Crippen molar-refractivity contribution >= 4 is 11.6 Å². The minimum absolute atomic E-state index is 0.0138. The molecule has 0 saturated carbocycles. The summed E-state index contributed by atoms with van der Waals surface area (Å²) in [5.41, 5.74) is 7.03. The molecule has 2 atom stereocenters. The maximum Gasteiger partial charge on any atom is 0.230 e. The summed E-state index contributed by atoms with van der Waals surface area (Å²) in [6.45, 7) is 5.22. The van der Waals surface area contributed by atoms with Crippen LogP contribution in [0.5, 0.6) is 5.75 Å². The molecule has 1 aromatic carbocycles. The fraction of sp³-hybridized carbons (Fsp3) is 0.533. The number of amides is 1. The van der Waals surface area contributed by atoms with Gasteiger partial charge >= 0.3 is 0 Å². The first-order valence-corrected chi connectivity index (χ1v) is 6.91. The highest BCUT2D eigenvalue weighted by molar-refractivity contribution is 5.95. The number of nitrogens with two attached hydrogens (primary N) is 1. The highest BCUT2D eigenvalue weighted by Gasteiger charge is 2.25. The molecule has 2 unspecified atom stereocenters. The first kappa shape index (κ1) is 13.9. The number of benzene rings is 1. The molecule has 1 aromatic rings. The number of anilines is 1. The second-order valence-electron chi connectivity index (χ2n) is 5.12. The average molecular weight is 262 g/mol. The van der Waals surface area contributed by atoms with Crippen molar-refractivity contribution in [3.05, 3.63) is 24.3 Å². The lowest BCUT2D eigenvalue weighted by atomic mass is 9.99. The van der Waals surface area contributed by atoms with E-state index in [1.54, 1.807) is 4.90 Å². The summed E-state index contributed by atoms with van der Waals surface area (Å²) in [5, 5.41) is 0. The van der Waals surface area contributed by atoms with Gasteiger partial charge in [0.25, 0.3) is 0 Å². The monoisotopic (exact) mass is 262 g/mol. The van der Waals surface area contributed by atoms with Gasteiger partial charge in [-0.25, -0.2) is 0 Å². The molecule has 2 N–H and O–H groups in total. The van der Waals surface area contributed by atoms with Crippen molar-refractivity contribution in [2.75, 3.05) is 18.1 Å². The highest BCUT2D eigenvalue weighted by atomic mass is 16.5. The van der Waals surface area contributed by atoms with Crippen LogP contribution in [0.3, 0.4) is 0 Å². The molecule has 1 amide bonds. The van der Waals surface area contributed by atoms with Gasteiger partial charge in [0, 0.05) is 12.6 Å². The third kappa shape index (κ3) is 3.07. The Bertz CT molecular complexity index is 448. The number of carbonyl (C=O) groups is 1. The van der Waals surface area contributed by atoms with Gasteiger partial charge in [-0.05, 0) is 18.1 Å². The molecule has 19 heavy (non-hydrogen) atoms. The van der Waals surface area contributed by atoms with E-state index in [1.807, 2.05) is 24.3 Å². The van der Waals surface area contributed by atoms with E-state index in [1.165, 1.54) is 0 Å². The van der Waals surface area contributed by atoms with Gasteiger partial charge in [-0.2, -0.15) is 0 Å². The Morgan fingerprint density at radius 1 is 1.42 bits per heavy atom. The maximum atomic E-state index is 12.2. The van der Waals surface area contributed by atoms with E-state index in [4.69, 9.17) is 10.5 Å². The molecule has 0 radical (unpaired) electrons. The zero-order valence-electron chi connectivity index (χ0n) is 11.6. The SMILES string of the molecule is CCC(C)C(N)CN1C(=O)CCOc2ccccc21. The zero-order valence-corrected chi connectivity index (χ0v) is 11.6. The number of rotatable bonds is 4. The third-order valence-electron chi connectivity index (χ3n) is 3.80. The van der Waals surface area contributed by atoms with Crippen molar-refractivity contribution in [2.24, 2.45) is 11.7 Å². The summed E-state index contributed by atoms with van der Waals surface area (Å²) < 4.78 is 5.61. The van der Waals surface area contributed by atoms with Crippen molar-refractivity contribution < 1.29 is 9.53 Å². The van der Waals surface area contributed by atoms with Crippen LogP contribution in [0.2, 0.25) is 0 Å². The van der Waals surface area contributed by atoms with Crippen LogP contribution in [0.15, 0.2) is 24.3 Å². The molecular weight excluding hydrogens is 240 g/mol. The van der Waals surface area contributed by atoms with Crippen molar-refractivity contribution in [3.63, 3.8) is 0 Å². The second kappa shape index (κ2) is 6.06. The molecule has 4 nitrogen and oxygen atoms in total. The third-order valence-corrected chi connectivity index (χ3v) is 3.80. The Balaban J connectivity index is 2.24. The smallest absolute Gasteiger partial charge is 0.230 e. The van der Waals surface area contributed by atoms with E-state index in [2.05, 4.69) is 13.8 Å². The van der Waals surface area contributed by atoms with Gasteiger partial charge in [-0.1, -0.05) is 32.4 Å². The molecule has 0 aliphatic carbocycles. The number of carbonyl (C=O) groups excluding carboxylic acids is 1. The van der Waals surface area contributed by atoms with Crippen LogP contribution in [0.1, 0.15) is 26.7 Å². The highest BCUT2D eigenvalue weighted by Crippen LogP contribution is 2.31. The molecule has 0 aromatic heterocycles. The second-order valence-corrected chi connectivity index (χ2v) is 5.12. The van der Waals surface area contributed by atoms with Crippen LogP contribution in [0, 0.1) is 5.92 Å². The van der Waals surface area contributed by atoms with Crippen LogP contribution in [-0.4, -0.2) is 25.1 Å². The van der Waals surface area contributed by atoms with Gasteiger partial charge in [0.1, 0.15) is 5.75 Å². The normalized spacial score (nSPS) is 18.3. The molecule has 1 heterocycles.